The van der Waals surface area contributed by atoms with Crippen LogP contribution in [0.5, 0.6) is 0 Å². The average molecular weight is 413 g/mol. The van der Waals surface area contributed by atoms with E-state index in [0.29, 0.717) is 13.1 Å². The maximum Gasteiger partial charge on any atom is 0.225 e. The molecule has 1 fully saturated rings. The van der Waals surface area contributed by atoms with Crippen LogP contribution >= 0.6 is 0 Å². The van der Waals surface area contributed by atoms with E-state index in [-0.39, 0.29) is 35.9 Å². The van der Waals surface area contributed by atoms with Crippen molar-refractivity contribution < 1.29 is 14.0 Å². The smallest absolute Gasteiger partial charge is 0.225 e. The fraction of sp³-hybridized carbons (Fsp3) is 0.478. The summed E-state index contributed by atoms with van der Waals surface area (Å²) in [5, 5.41) is 2.86. The molecule has 0 aliphatic carbocycles. The van der Waals surface area contributed by atoms with Gasteiger partial charge in [0.15, 0.2) is 0 Å². The molecule has 1 aliphatic rings. The van der Waals surface area contributed by atoms with Crippen molar-refractivity contribution in [3.05, 3.63) is 58.4 Å². The minimum atomic E-state index is -0.299. The lowest BCUT2D eigenvalue weighted by Crippen LogP contribution is -2.32. The third-order valence-corrected chi connectivity index (χ3v) is 5.54. The molecule has 3 rings (SSSR count). The molecule has 30 heavy (non-hydrogen) atoms. The monoisotopic (exact) mass is 412 g/mol. The molecule has 2 aromatic rings. The number of halogens is 1. The van der Waals surface area contributed by atoms with Crippen LogP contribution in [0.1, 0.15) is 54.5 Å². The molecule has 1 N–H and O–H groups in total. The highest BCUT2D eigenvalue weighted by Gasteiger charge is 2.30. The Hall–Kier alpha value is -2.83. The minimum absolute atomic E-state index is 0.0102. The van der Waals surface area contributed by atoms with E-state index >= 15 is 0 Å². The van der Waals surface area contributed by atoms with Crippen molar-refractivity contribution in [3.63, 3.8) is 0 Å². The van der Waals surface area contributed by atoms with Crippen LogP contribution < -0.4 is 5.32 Å². The Labute approximate surface area is 176 Å². The maximum atomic E-state index is 13.0. The molecule has 7 heteroatoms. The van der Waals surface area contributed by atoms with Crippen molar-refractivity contribution in [3.8, 4) is 0 Å². The standard InChI is InChI=1S/C23H29FN4O2/c1-14(2)23(30)28-10-9-18(13-28)22-26-15(3)20(16(4)27-22)11-21(29)25-12-17-5-7-19(24)8-6-17/h5-8,14,18H,9-13H2,1-4H3,(H,25,29). The van der Waals surface area contributed by atoms with Gasteiger partial charge in [0.1, 0.15) is 11.6 Å². The predicted molar refractivity (Wildman–Crippen MR) is 112 cm³/mol. The molecule has 0 spiro atoms. The molecular weight excluding hydrogens is 383 g/mol. The SMILES string of the molecule is Cc1nc(C2CCN(C(=O)C(C)C)C2)nc(C)c1CC(=O)NCc1ccc(F)cc1. The molecule has 2 heterocycles. The van der Waals surface area contributed by atoms with Crippen LogP contribution in [0.3, 0.4) is 0 Å². The average Bonchev–Trinajstić information content (AvgIpc) is 3.19. The second kappa shape index (κ2) is 9.32. The number of hydrogen-bond acceptors (Lipinski definition) is 4. The van der Waals surface area contributed by atoms with Crippen LogP contribution in [-0.4, -0.2) is 39.8 Å². The van der Waals surface area contributed by atoms with Crippen LogP contribution in [0.4, 0.5) is 4.39 Å². The highest BCUT2D eigenvalue weighted by molar-refractivity contribution is 5.79. The number of aryl methyl sites for hydroxylation is 2. The quantitative estimate of drug-likeness (QED) is 0.791. The van der Waals surface area contributed by atoms with Gasteiger partial charge < -0.3 is 10.2 Å². The van der Waals surface area contributed by atoms with Gasteiger partial charge in [0.05, 0.1) is 6.42 Å². The Morgan fingerprint density at radius 1 is 1.17 bits per heavy atom. The zero-order chi connectivity index (χ0) is 21.8. The molecule has 0 bridgehead atoms. The second-order valence-electron chi connectivity index (χ2n) is 8.24. The van der Waals surface area contributed by atoms with Crippen molar-refractivity contribution >= 4 is 11.8 Å². The Morgan fingerprint density at radius 3 is 2.40 bits per heavy atom. The highest BCUT2D eigenvalue weighted by atomic mass is 19.1. The Bertz CT molecular complexity index is 904. The molecule has 1 aliphatic heterocycles. The molecule has 0 radical (unpaired) electrons. The number of aromatic nitrogens is 2. The summed E-state index contributed by atoms with van der Waals surface area (Å²) in [5.74, 6) is 0.610. The molecule has 1 aromatic heterocycles. The third-order valence-electron chi connectivity index (χ3n) is 5.54. The summed E-state index contributed by atoms with van der Waals surface area (Å²) >= 11 is 0. The largest absolute Gasteiger partial charge is 0.352 e. The first-order valence-electron chi connectivity index (χ1n) is 10.4. The van der Waals surface area contributed by atoms with Crippen LogP contribution in [-0.2, 0) is 22.6 Å². The van der Waals surface area contributed by atoms with E-state index in [2.05, 4.69) is 15.3 Å². The summed E-state index contributed by atoms with van der Waals surface area (Å²) in [5.41, 5.74) is 3.25. The lowest BCUT2D eigenvalue weighted by molar-refractivity contribution is -0.133. The van der Waals surface area contributed by atoms with Gasteiger partial charge in [0.2, 0.25) is 11.8 Å². The first-order chi connectivity index (χ1) is 14.2. The fourth-order valence-corrected chi connectivity index (χ4v) is 3.77. The Morgan fingerprint density at radius 2 is 1.80 bits per heavy atom. The summed E-state index contributed by atoms with van der Waals surface area (Å²) < 4.78 is 13.0. The number of likely N-dealkylation sites (tertiary alicyclic amines) is 1. The topological polar surface area (TPSA) is 75.2 Å². The molecule has 1 aromatic carbocycles. The van der Waals surface area contributed by atoms with Gasteiger partial charge in [-0.3, -0.25) is 9.59 Å². The van der Waals surface area contributed by atoms with Crippen molar-refractivity contribution in [1.29, 1.82) is 0 Å². The van der Waals surface area contributed by atoms with E-state index in [1.807, 2.05) is 32.6 Å². The number of rotatable bonds is 6. The van der Waals surface area contributed by atoms with Crippen molar-refractivity contribution in [1.82, 2.24) is 20.2 Å². The first-order valence-corrected chi connectivity index (χ1v) is 10.4. The van der Waals surface area contributed by atoms with Crippen molar-refractivity contribution in [2.24, 2.45) is 5.92 Å². The Kier molecular flexibility index (Phi) is 6.80. The van der Waals surface area contributed by atoms with Gasteiger partial charge >= 0.3 is 0 Å². The molecule has 160 valence electrons. The normalized spacial score (nSPS) is 16.2. The number of benzene rings is 1. The first kappa shape index (κ1) is 21.9. The number of carbonyl (C=O) groups is 2. The highest BCUT2D eigenvalue weighted by Crippen LogP contribution is 2.27. The minimum Gasteiger partial charge on any atom is -0.352 e. The van der Waals surface area contributed by atoms with Crippen LogP contribution in [0.25, 0.3) is 0 Å². The molecule has 6 nitrogen and oxygen atoms in total. The molecule has 1 saturated heterocycles. The second-order valence-corrected chi connectivity index (χ2v) is 8.24. The molecular formula is C23H29FN4O2. The van der Waals surface area contributed by atoms with Gasteiger partial charge in [-0.1, -0.05) is 26.0 Å². The maximum absolute atomic E-state index is 13.0. The van der Waals surface area contributed by atoms with E-state index in [1.54, 1.807) is 12.1 Å². The molecule has 0 saturated carbocycles. The number of carbonyl (C=O) groups excluding carboxylic acids is 2. The van der Waals surface area contributed by atoms with Gasteiger partial charge in [0.25, 0.3) is 0 Å². The van der Waals surface area contributed by atoms with Crippen LogP contribution in [0.2, 0.25) is 0 Å². The number of hydrogen-bond donors (Lipinski definition) is 1. The summed E-state index contributed by atoms with van der Waals surface area (Å²) in [6.45, 7) is 9.34. The zero-order valence-corrected chi connectivity index (χ0v) is 18.0. The number of nitrogens with zero attached hydrogens (tertiary/aromatic N) is 3. The third kappa shape index (κ3) is 5.20. The van der Waals surface area contributed by atoms with Gasteiger partial charge in [-0.2, -0.15) is 0 Å². The van der Waals surface area contributed by atoms with Crippen molar-refractivity contribution in [2.75, 3.05) is 13.1 Å². The summed E-state index contributed by atoms with van der Waals surface area (Å²) in [7, 11) is 0. The van der Waals surface area contributed by atoms with E-state index in [9.17, 15) is 14.0 Å². The van der Waals surface area contributed by atoms with Gasteiger partial charge in [-0.25, -0.2) is 14.4 Å². The zero-order valence-electron chi connectivity index (χ0n) is 18.0. The van der Waals surface area contributed by atoms with E-state index in [1.165, 1.54) is 12.1 Å². The summed E-state index contributed by atoms with van der Waals surface area (Å²) in [6, 6.07) is 6.06. The van der Waals surface area contributed by atoms with E-state index in [4.69, 9.17) is 0 Å². The number of amides is 2. The van der Waals surface area contributed by atoms with E-state index < -0.39 is 0 Å². The lowest BCUT2D eigenvalue weighted by atomic mass is 10.0. The molecule has 1 atom stereocenters. The van der Waals surface area contributed by atoms with Gasteiger partial charge in [-0.15, -0.1) is 0 Å². The molecule has 1 unspecified atom stereocenters. The van der Waals surface area contributed by atoms with Gasteiger partial charge in [0, 0.05) is 48.4 Å². The summed E-state index contributed by atoms with van der Waals surface area (Å²) in [4.78, 5) is 35.8. The lowest BCUT2D eigenvalue weighted by Gasteiger charge is -2.19. The Balaban J connectivity index is 1.62. The van der Waals surface area contributed by atoms with Gasteiger partial charge in [-0.05, 0) is 38.0 Å². The summed E-state index contributed by atoms with van der Waals surface area (Å²) in [6.07, 6.45) is 1.05. The van der Waals surface area contributed by atoms with E-state index in [0.717, 1.165) is 41.3 Å². The number of nitrogens with one attached hydrogen (secondary N) is 1. The molecule has 2 amide bonds. The van der Waals surface area contributed by atoms with Crippen LogP contribution in [0.15, 0.2) is 24.3 Å². The fourth-order valence-electron chi connectivity index (χ4n) is 3.77. The predicted octanol–water partition coefficient (Wildman–Crippen LogP) is 3.06. The van der Waals surface area contributed by atoms with Crippen LogP contribution in [0, 0.1) is 25.6 Å². The van der Waals surface area contributed by atoms with Crippen molar-refractivity contribution in [2.45, 2.75) is 53.0 Å².